The third kappa shape index (κ3) is 2.96. The summed E-state index contributed by atoms with van der Waals surface area (Å²) < 4.78 is 45.5. The number of nitrogens with one attached hydrogen (secondary N) is 1. The first-order valence-corrected chi connectivity index (χ1v) is 8.03. The van der Waals surface area contributed by atoms with E-state index in [-0.39, 0.29) is 11.8 Å². The lowest BCUT2D eigenvalue weighted by molar-refractivity contribution is -0.146. The van der Waals surface area contributed by atoms with Crippen molar-refractivity contribution in [2.75, 3.05) is 24.6 Å². The monoisotopic (exact) mass is 368 g/mol. The van der Waals surface area contributed by atoms with Crippen LogP contribution in [0.4, 0.5) is 19.0 Å². The first-order valence-electron chi connectivity index (χ1n) is 8.03. The number of alkyl halides is 3. The van der Waals surface area contributed by atoms with E-state index in [0.29, 0.717) is 35.9 Å². The van der Waals surface area contributed by atoms with Gasteiger partial charge in [-0.15, -0.1) is 15.3 Å². The smallest absolute Gasteiger partial charge is 0.366 e. The molecule has 1 N–H and O–H groups in total. The highest BCUT2D eigenvalue weighted by atomic mass is 19.4. The molecule has 12 heteroatoms. The van der Waals surface area contributed by atoms with Crippen LogP contribution in [0.5, 0.6) is 0 Å². The van der Waals surface area contributed by atoms with Crippen LogP contribution in [0.15, 0.2) is 12.1 Å². The lowest BCUT2D eigenvalue weighted by Gasteiger charge is -2.32. The van der Waals surface area contributed by atoms with Crippen molar-refractivity contribution in [2.24, 2.45) is 0 Å². The van der Waals surface area contributed by atoms with Gasteiger partial charge in [0, 0.05) is 13.0 Å². The molecule has 1 atom stereocenters. The number of aryl methyl sites for hydroxylation is 1. The molecule has 1 aliphatic rings. The van der Waals surface area contributed by atoms with Crippen molar-refractivity contribution in [2.45, 2.75) is 25.6 Å². The molecule has 0 aliphatic carbocycles. The Morgan fingerprint density at radius 3 is 2.88 bits per heavy atom. The van der Waals surface area contributed by atoms with Gasteiger partial charge in [-0.2, -0.15) is 22.8 Å². The van der Waals surface area contributed by atoms with Crippen LogP contribution in [0.2, 0.25) is 0 Å². The van der Waals surface area contributed by atoms with Crippen molar-refractivity contribution in [3.8, 4) is 0 Å². The van der Waals surface area contributed by atoms with Gasteiger partial charge in [-0.05, 0) is 12.1 Å². The van der Waals surface area contributed by atoms with E-state index in [4.69, 9.17) is 4.74 Å². The number of rotatable bonds is 3. The lowest BCUT2D eigenvalue weighted by atomic mass is 10.2. The minimum atomic E-state index is -4.63. The summed E-state index contributed by atoms with van der Waals surface area (Å²) >= 11 is 0. The van der Waals surface area contributed by atoms with Gasteiger partial charge in [0.25, 0.3) is 5.82 Å². The summed E-state index contributed by atoms with van der Waals surface area (Å²) in [6.45, 7) is 3.20. The number of hydrogen-bond acceptors (Lipinski definition) is 7. The zero-order valence-electron chi connectivity index (χ0n) is 13.7. The Hall–Kier alpha value is -2.76. The van der Waals surface area contributed by atoms with Crippen molar-refractivity contribution < 1.29 is 17.9 Å². The SMILES string of the molecule is CCc1nc(C2CN(c3ccc4nnc(C(F)(F)F)n4n3)CCO2)n[nH]1. The molecule has 9 nitrogen and oxygen atoms in total. The van der Waals surface area contributed by atoms with E-state index >= 15 is 0 Å². The lowest BCUT2D eigenvalue weighted by Crippen LogP contribution is -2.39. The van der Waals surface area contributed by atoms with E-state index in [9.17, 15) is 13.2 Å². The maximum Gasteiger partial charge on any atom is 0.453 e. The van der Waals surface area contributed by atoms with Crippen LogP contribution < -0.4 is 4.90 Å². The number of aromatic nitrogens is 7. The molecule has 0 bridgehead atoms. The molecule has 0 radical (unpaired) electrons. The van der Waals surface area contributed by atoms with Crippen LogP contribution in [0.3, 0.4) is 0 Å². The number of nitrogens with zero attached hydrogens (tertiary/aromatic N) is 7. The first kappa shape index (κ1) is 16.7. The summed E-state index contributed by atoms with van der Waals surface area (Å²) in [7, 11) is 0. The van der Waals surface area contributed by atoms with Gasteiger partial charge in [0.1, 0.15) is 17.7 Å². The van der Waals surface area contributed by atoms with Gasteiger partial charge in [0.15, 0.2) is 11.5 Å². The van der Waals surface area contributed by atoms with Crippen LogP contribution >= 0.6 is 0 Å². The molecule has 0 amide bonds. The van der Waals surface area contributed by atoms with Gasteiger partial charge in [0.05, 0.1) is 13.2 Å². The third-order valence-corrected chi connectivity index (χ3v) is 4.06. The fourth-order valence-electron chi connectivity index (χ4n) is 2.75. The molecule has 1 aliphatic heterocycles. The fourth-order valence-corrected chi connectivity index (χ4v) is 2.75. The fraction of sp³-hybridized carbons (Fsp3) is 0.500. The number of ether oxygens (including phenoxy) is 1. The van der Waals surface area contributed by atoms with Crippen LogP contribution in [0, 0.1) is 0 Å². The van der Waals surface area contributed by atoms with Crippen LogP contribution in [0.1, 0.15) is 30.5 Å². The predicted molar refractivity (Wildman–Crippen MR) is 82.5 cm³/mol. The van der Waals surface area contributed by atoms with Gasteiger partial charge in [-0.1, -0.05) is 6.92 Å². The maximum absolute atomic E-state index is 13.0. The minimum Gasteiger partial charge on any atom is -0.366 e. The minimum absolute atomic E-state index is 0.0347. The van der Waals surface area contributed by atoms with Crippen molar-refractivity contribution >= 4 is 11.5 Å². The zero-order valence-corrected chi connectivity index (χ0v) is 13.7. The molecular formula is C14H15F3N8O. The summed E-state index contributed by atoms with van der Waals surface area (Å²) in [4.78, 5) is 6.18. The molecule has 3 aromatic heterocycles. The van der Waals surface area contributed by atoms with Gasteiger partial charge in [0.2, 0.25) is 0 Å². The highest BCUT2D eigenvalue weighted by Gasteiger charge is 2.38. The average molecular weight is 368 g/mol. The molecule has 138 valence electrons. The molecule has 26 heavy (non-hydrogen) atoms. The normalized spacial score (nSPS) is 18.6. The van der Waals surface area contributed by atoms with Crippen molar-refractivity contribution in [3.63, 3.8) is 0 Å². The molecule has 4 heterocycles. The van der Waals surface area contributed by atoms with Gasteiger partial charge < -0.3 is 9.64 Å². The summed E-state index contributed by atoms with van der Waals surface area (Å²) in [6, 6.07) is 3.07. The second kappa shape index (κ2) is 6.20. The second-order valence-corrected chi connectivity index (χ2v) is 5.78. The molecule has 1 saturated heterocycles. The molecule has 0 spiro atoms. The van der Waals surface area contributed by atoms with Crippen LogP contribution in [0.25, 0.3) is 5.65 Å². The zero-order chi connectivity index (χ0) is 18.3. The standard InChI is InChI=1S/C14H15F3N8O/c1-2-9-18-12(21-19-9)8-7-24(5-6-26-8)11-4-3-10-20-22-13(14(15,16)17)25(10)23-11/h3-4,8H,2,5-7H2,1H3,(H,18,19,21). The highest BCUT2D eigenvalue weighted by molar-refractivity contribution is 5.46. The molecule has 4 rings (SSSR count). The Bertz CT molecular complexity index is 920. The molecule has 1 unspecified atom stereocenters. The van der Waals surface area contributed by atoms with Crippen LogP contribution in [-0.4, -0.2) is 54.7 Å². The van der Waals surface area contributed by atoms with E-state index < -0.39 is 12.0 Å². The van der Waals surface area contributed by atoms with Crippen molar-refractivity contribution in [1.82, 2.24) is 35.0 Å². The van der Waals surface area contributed by atoms with E-state index in [1.807, 2.05) is 11.8 Å². The number of fused-ring (bicyclic) bond motifs is 1. The summed E-state index contributed by atoms with van der Waals surface area (Å²) in [5.74, 6) is 0.496. The van der Waals surface area contributed by atoms with Crippen LogP contribution in [-0.2, 0) is 17.3 Å². The Balaban J connectivity index is 1.62. The molecule has 1 fully saturated rings. The largest absolute Gasteiger partial charge is 0.453 e. The number of morpholine rings is 1. The van der Waals surface area contributed by atoms with Crippen molar-refractivity contribution in [1.29, 1.82) is 0 Å². The quantitative estimate of drug-likeness (QED) is 0.746. The number of aromatic amines is 1. The van der Waals surface area contributed by atoms with Gasteiger partial charge in [-0.3, -0.25) is 5.10 Å². The van der Waals surface area contributed by atoms with E-state index in [0.717, 1.165) is 12.2 Å². The van der Waals surface area contributed by atoms with Crippen molar-refractivity contribution in [3.05, 3.63) is 29.6 Å². The van der Waals surface area contributed by atoms with E-state index in [1.54, 1.807) is 6.07 Å². The first-order chi connectivity index (χ1) is 12.5. The van der Waals surface area contributed by atoms with E-state index in [2.05, 4.69) is 30.5 Å². The molecular weight excluding hydrogens is 353 g/mol. The third-order valence-electron chi connectivity index (χ3n) is 4.06. The average Bonchev–Trinajstić information content (AvgIpc) is 3.27. The second-order valence-electron chi connectivity index (χ2n) is 5.78. The topological polar surface area (TPSA) is 97.1 Å². The Morgan fingerprint density at radius 2 is 2.15 bits per heavy atom. The maximum atomic E-state index is 13.0. The van der Waals surface area contributed by atoms with Gasteiger partial charge in [-0.25, -0.2) is 4.98 Å². The summed E-state index contributed by atoms with van der Waals surface area (Å²) in [6.07, 6.45) is -4.30. The Kier molecular flexibility index (Phi) is 3.98. The summed E-state index contributed by atoms with van der Waals surface area (Å²) in [5.41, 5.74) is 0.0347. The molecule has 0 aromatic carbocycles. The van der Waals surface area contributed by atoms with Gasteiger partial charge >= 0.3 is 6.18 Å². The Labute approximate surface area is 145 Å². The number of hydrogen-bond donors (Lipinski definition) is 1. The molecule has 3 aromatic rings. The Morgan fingerprint density at radius 1 is 1.31 bits per heavy atom. The predicted octanol–water partition coefficient (Wildman–Crippen LogP) is 1.40. The molecule has 0 saturated carbocycles. The summed E-state index contributed by atoms with van der Waals surface area (Å²) in [5, 5.41) is 17.7. The number of anilines is 1. The van der Waals surface area contributed by atoms with E-state index in [1.165, 1.54) is 6.07 Å². The number of halogens is 3. The number of H-pyrrole nitrogens is 1. The highest BCUT2D eigenvalue weighted by Crippen LogP contribution is 2.28.